The van der Waals surface area contributed by atoms with E-state index in [1.807, 2.05) is 0 Å². The van der Waals surface area contributed by atoms with Gasteiger partial charge in [0.15, 0.2) is 0 Å². The summed E-state index contributed by atoms with van der Waals surface area (Å²) in [6.07, 6.45) is 1.45. The number of aliphatic carboxylic acids is 1. The van der Waals surface area contributed by atoms with E-state index in [0.717, 1.165) is 6.42 Å². The van der Waals surface area contributed by atoms with Gasteiger partial charge in [0.2, 0.25) is 0 Å². The van der Waals surface area contributed by atoms with E-state index in [2.05, 4.69) is 32.0 Å². The smallest absolute Gasteiger partial charge is 0.320 e. The van der Waals surface area contributed by atoms with E-state index in [-0.39, 0.29) is 0 Å². The SMILES string of the molecule is Cc1ccc(CCC(C(=O)O)N(C)C)c(C)c1. The predicted octanol–water partition coefficient (Wildman–Crippen LogP) is 2.25. The lowest BCUT2D eigenvalue weighted by molar-refractivity contribution is -0.142. The molecular weight excluding hydrogens is 214 g/mol. The zero-order valence-corrected chi connectivity index (χ0v) is 11.0. The Labute approximate surface area is 103 Å². The maximum Gasteiger partial charge on any atom is 0.320 e. The number of rotatable bonds is 5. The van der Waals surface area contributed by atoms with Gasteiger partial charge in [-0.1, -0.05) is 23.8 Å². The van der Waals surface area contributed by atoms with Gasteiger partial charge in [-0.05, 0) is 51.9 Å². The molecule has 0 aliphatic carbocycles. The molecule has 17 heavy (non-hydrogen) atoms. The number of hydrogen-bond acceptors (Lipinski definition) is 2. The fraction of sp³-hybridized carbons (Fsp3) is 0.500. The zero-order chi connectivity index (χ0) is 13.0. The Kier molecular flexibility index (Phi) is 4.70. The first-order chi connectivity index (χ1) is 7.91. The van der Waals surface area contributed by atoms with Crippen LogP contribution in [0.25, 0.3) is 0 Å². The molecule has 1 unspecified atom stereocenters. The third kappa shape index (κ3) is 3.86. The average molecular weight is 235 g/mol. The summed E-state index contributed by atoms with van der Waals surface area (Å²) in [6.45, 7) is 4.14. The highest BCUT2D eigenvalue weighted by Crippen LogP contribution is 2.14. The lowest BCUT2D eigenvalue weighted by atomic mass is 9.99. The van der Waals surface area contributed by atoms with Gasteiger partial charge >= 0.3 is 5.97 Å². The molecular formula is C14H21NO2. The molecule has 0 aliphatic rings. The van der Waals surface area contributed by atoms with Gasteiger partial charge < -0.3 is 5.11 Å². The van der Waals surface area contributed by atoms with Gasteiger partial charge in [-0.2, -0.15) is 0 Å². The maximum absolute atomic E-state index is 11.1. The second-order valence-electron chi connectivity index (χ2n) is 4.79. The van der Waals surface area contributed by atoms with Crippen molar-refractivity contribution in [3.05, 3.63) is 34.9 Å². The van der Waals surface area contributed by atoms with E-state index in [0.29, 0.717) is 6.42 Å². The summed E-state index contributed by atoms with van der Waals surface area (Å²) < 4.78 is 0. The van der Waals surface area contributed by atoms with Crippen LogP contribution in [0, 0.1) is 13.8 Å². The molecule has 1 aromatic rings. The Bertz CT molecular complexity index is 399. The van der Waals surface area contributed by atoms with E-state index in [1.165, 1.54) is 16.7 Å². The van der Waals surface area contributed by atoms with Gasteiger partial charge in [0.05, 0.1) is 0 Å². The van der Waals surface area contributed by atoms with Crippen molar-refractivity contribution >= 4 is 5.97 Å². The molecule has 0 bridgehead atoms. The van der Waals surface area contributed by atoms with Crippen LogP contribution in [0.15, 0.2) is 18.2 Å². The third-order valence-corrected chi connectivity index (χ3v) is 3.09. The minimum Gasteiger partial charge on any atom is -0.480 e. The summed E-state index contributed by atoms with van der Waals surface area (Å²) in [5.74, 6) is -0.750. The second-order valence-corrected chi connectivity index (χ2v) is 4.79. The lowest BCUT2D eigenvalue weighted by Crippen LogP contribution is -2.36. The van der Waals surface area contributed by atoms with Crippen LogP contribution in [0.1, 0.15) is 23.1 Å². The number of nitrogens with zero attached hydrogens (tertiary/aromatic N) is 1. The fourth-order valence-corrected chi connectivity index (χ4v) is 2.02. The van der Waals surface area contributed by atoms with E-state index in [9.17, 15) is 4.79 Å². The van der Waals surface area contributed by atoms with Gasteiger partial charge in [-0.3, -0.25) is 9.69 Å². The largest absolute Gasteiger partial charge is 0.480 e. The number of hydrogen-bond donors (Lipinski definition) is 1. The highest BCUT2D eigenvalue weighted by atomic mass is 16.4. The van der Waals surface area contributed by atoms with Crippen molar-refractivity contribution in [3.63, 3.8) is 0 Å². The summed E-state index contributed by atoms with van der Waals surface area (Å²) in [5.41, 5.74) is 3.73. The van der Waals surface area contributed by atoms with Crippen LogP contribution in [-0.4, -0.2) is 36.1 Å². The summed E-state index contributed by atoms with van der Waals surface area (Å²) in [7, 11) is 3.61. The number of aryl methyl sites for hydroxylation is 3. The van der Waals surface area contributed by atoms with Crippen LogP contribution >= 0.6 is 0 Å². The van der Waals surface area contributed by atoms with Crippen LogP contribution in [0.3, 0.4) is 0 Å². The standard InChI is InChI=1S/C14H21NO2/c1-10-5-6-12(11(2)9-10)7-8-13(14(16)17)15(3)4/h5-6,9,13H,7-8H2,1-4H3,(H,16,17). The Balaban J connectivity index is 2.69. The van der Waals surface area contributed by atoms with Crippen molar-refractivity contribution < 1.29 is 9.90 Å². The van der Waals surface area contributed by atoms with E-state index in [4.69, 9.17) is 5.11 Å². The minimum absolute atomic E-state index is 0.407. The Morgan fingerprint density at radius 1 is 1.35 bits per heavy atom. The highest BCUT2D eigenvalue weighted by molar-refractivity contribution is 5.73. The molecule has 0 fully saturated rings. The van der Waals surface area contributed by atoms with Crippen LogP contribution in [0.2, 0.25) is 0 Å². The number of benzene rings is 1. The van der Waals surface area contributed by atoms with E-state index < -0.39 is 12.0 Å². The van der Waals surface area contributed by atoms with E-state index in [1.54, 1.807) is 19.0 Å². The highest BCUT2D eigenvalue weighted by Gasteiger charge is 2.19. The lowest BCUT2D eigenvalue weighted by Gasteiger charge is -2.20. The van der Waals surface area contributed by atoms with Crippen molar-refractivity contribution in [2.24, 2.45) is 0 Å². The molecule has 0 saturated carbocycles. The summed E-state index contributed by atoms with van der Waals surface area (Å²) in [5, 5.41) is 9.09. The first-order valence-electron chi connectivity index (χ1n) is 5.87. The molecule has 0 radical (unpaired) electrons. The van der Waals surface area contributed by atoms with Crippen LogP contribution in [-0.2, 0) is 11.2 Å². The van der Waals surface area contributed by atoms with Gasteiger partial charge in [0.25, 0.3) is 0 Å². The van der Waals surface area contributed by atoms with Gasteiger partial charge in [0.1, 0.15) is 6.04 Å². The molecule has 1 aromatic carbocycles. The van der Waals surface area contributed by atoms with Crippen molar-refractivity contribution in [3.8, 4) is 0 Å². The van der Waals surface area contributed by atoms with Crippen molar-refractivity contribution in [2.45, 2.75) is 32.7 Å². The summed E-state index contributed by atoms with van der Waals surface area (Å²) >= 11 is 0. The molecule has 0 aliphatic heterocycles. The van der Waals surface area contributed by atoms with Gasteiger partial charge in [-0.15, -0.1) is 0 Å². The van der Waals surface area contributed by atoms with Crippen molar-refractivity contribution in [1.29, 1.82) is 0 Å². The Hall–Kier alpha value is -1.35. The fourth-order valence-electron chi connectivity index (χ4n) is 2.02. The molecule has 0 amide bonds. The minimum atomic E-state index is -0.750. The first kappa shape index (κ1) is 13.7. The van der Waals surface area contributed by atoms with Crippen molar-refractivity contribution in [1.82, 2.24) is 4.90 Å². The maximum atomic E-state index is 11.1. The number of carboxylic acid groups (broad SMARTS) is 1. The Morgan fingerprint density at radius 2 is 2.00 bits per heavy atom. The zero-order valence-electron chi connectivity index (χ0n) is 11.0. The molecule has 94 valence electrons. The molecule has 0 heterocycles. The molecule has 3 heteroatoms. The first-order valence-corrected chi connectivity index (χ1v) is 5.87. The van der Waals surface area contributed by atoms with Crippen LogP contribution in [0.4, 0.5) is 0 Å². The van der Waals surface area contributed by atoms with Gasteiger partial charge in [-0.25, -0.2) is 0 Å². The quantitative estimate of drug-likeness (QED) is 0.851. The monoisotopic (exact) mass is 235 g/mol. The summed E-state index contributed by atoms with van der Waals surface area (Å²) in [6, 6.07) is 5.91. The predicted molar refractivity (Wildman–Crippen MR) is 69.3 cm³/mol. The molecule has 0 saturated heterocycles. The molecule has 1 N–H and O–H groups in total. The molecule has 3 nitrogen and oxygen atoms in total. The topological polar surface area (TPSA) is 40.5 Å². The van der Waals surface area contributed by atoms with Crippen LogP contribution in [0.5, 0.6) is 0 Å². The van der Waals surface area contributed by atoms with Gasteiger partial charge in [0, 0.05) is 0 Å². The third-order valence-electron chi connectivity index (χ3n) is 3.09. The molecule has 1 rings (SSSR count). The number of carboxylic acids is 1. The molecule has 0 spiro atoms. The normalized spacial score (nSPS) is 12.8. The molecule has 0 aromatic heterocycles. The Morgan fingerprint density at radius 3 is 2.47 bits per heavy atom. The van der Waals surface area contributed by atoms with E-state index >= 15 is 0 Å². The number of carbonyl (C=O) groups is 1. The number of likely N-dealkylation sites (N-methyl/N-ethyl adjacent to an activating group) is 1. The second kappa shape index (κ2) is 5.82. The van der Waals surface area contributed by atoms with Crippen LogP contribution < -0.4 is 0 Å². The summed E-state index contributed by atoms with van der Waals surface area (Å²) in [4.78, 5) is 12.8. The molecule has 1 atom stereocenters. The van der Waals surface area contributed by atoms with Crippen molar-refractivity contribution in [2.75, 3.05) is 14.1 Å². The average Bonchev–Trinajstić information content (AvgIpc) is 2.20.